The van der Waals surface area contributed by atoms with E-state index in [9.17, 15) is 9.59 Å². The fraction of sp³-hybridized carbons (Fsp3) is 0.750. The summed E-state index contributed by atoms with van der Waals surface area (Å²) < 4.78 is 0. The van der Waals surface area contributed by atoms with Crippen LogP contribution >= 0.6 is 0 Å². The molecule has 0 saturated carbocycles. The number of aliphatic carboxylic acids is 2. The maximum absolute atomic E-state index is 10.7. The van der Waals surface area contributed by atoms with Crippen molar-refractivity contribution in [3.05, 3.63) is 0 Å². The zero-order valence-electron chi connectivity index (χ0n) is 11.7. The fourth-order valence-electron chi connectivity index (χ4n) is 0.733. The Hall–Kier alpha value is 1.17. The first-order chi connectivity index (χ1) is 5.14. The Balaban J connectivity index is -0.000000101. The average molecular weight is 222 g/mol. The molecule has 0 rings (SSSR count). The van der Waals surface area contributed by atoms with Crippen molar-refractivity contribution in [2.45, 2.75) is 27.7 Å². The maximum Gasteiger partial charge on any atom is 1.00 e. The van der Waals surface area contributed by atoms with Crippen LogP contribution in [0.5, 0.6) is 0 Å². The van der Waals surface area contributed by atoms with E-state index < -0.39 is 22.8 Å². The summed E-state index contributed by atoms with van der Waals surface area (Å²) in [6.45, 7) is 6.00. The third kappa shape index (κ3) is 3.97. The second-order valence-corrected chi connectivity index (χ2v) is 3.99. The summed E-state index contributed by atoms with van der Waals surface area (Å²) in [4.78, 5) is 21.5. The summed E-state index contributed by atoms with van der Waals surface area (Å²) >= 11 is 0. The van der Waals surface area contributed by atoms with Gasteiger partial charge >= 0.3 is 82.2 Å². The van der Waals surface area contributed by atoms with E-state index in [0.717, 1.165) is 0 Å². The number of rotatable bonds is 2. The number of hydrogen-bond acceptors (Lipinski definition) is 2. The molecule has 0 aromatic rings. The molecule has 0 bridgehead atoms. The van der Waals surface area contributed by atoms with Gasteiger partial charge in [-0.05, 0) is 12.3 Å². The Morgan fingerprint density at radius 2 is 1.21 bits per heavy atom. The molecule has 0 aliphatic rings. The monoisotopic (exact) mass is 222 g/mol. The van der Waals surface area contributed by atoms with Crippen LogP contribution in [0.1, 0.15) is 30.5 Å². The van der Waals surface area contributed by atoms with Crippen LogP contribution < -0.4 is 70.2 Å². The van der Waals surface area contributed by atoms with Crippen LogP contribution in [0.15, 0.2) is 0 Å². The minimum Gasteiger partial charge on any atom is -1.00 e. The van der Waals surface area contributed by atoms with Gasteiger partial charge in [-0.1, -0.05) is 20.8 Å². The van der Waals surface area contributed by atoms with E-state index in [4.69, 9.17) is 10.2 Å². The van der Waals surface area contributed by atoms with Gasteiger partial charge in [-0.25, -0.2) is 0 Å². The summed E-state index contributed by atoms with van der Waals surface area (Å²) in [6.07, 6.45) is 0. The largest absolute Gasteiger partial charge is 1.00 e. The van der Waals surface area contributed by atoms with Gasteiger partial charge < -0.3 is 13.1 Å². The van der Waals surface area contributed by atoms with E-state index in [2.05, 4.69) is 0 Å². The predicted molar refractivity (Wildman–Crippen MR) is 45.1 cm³/mol. The van der Waals surface area contributed by atoms with Gasteiger partial charge in [0, 0.05) is 0 Å². The quantitative estimate of drug-likeness (QED) is 0.364. The first-order valence-corrected chi connectivity index (χ1v) is 3.61. The summed E-state index contributed by atoms with van der Waals surface area (Å²) in [5.74, 6) is -2.61. The zero-order valence-corrected chi connectivity index (χ0v) is 12.8. The Labute approximate surface area is 141 Å². The number of hydrogen-bond donors (Lipinski definition) is 2. The van der Waals surface area contributed by atoms with E-state index in [1.165, 1.54) is 6.92 Å². The molecule has 0 atom stereocenters. The number of carbonyl (C=O) groups is 2. The molecule has 0 aromatic heterocycles. The SMILES string of the molecule is CC(C)(C)C(C)(C(=O)O)C(=O)O.[H-].[H-].[K+].[Li+]. The van der Waals surface area contributed by atoms with Gasteiger partial charge in [0.1, 0.15) is 0 Å². The minimum atomic E-state index is -1.73. The third-order valence-electron chi connectivity index (χ3n) is 2.36. The van der Waals surface area contributed by atoms with Gasteiger partial charge in [0.15, 0.2) is 5.41 Å². The van der Waals surface area contributed by atoms with Crippen molar-refractivity contribution in [3.63, 3.8) is 0 Å². The van der Waals surface area contributed by atoms with Crippen LogP contribution in [0.2, 0.25) is 0 Å². The predicted octanol–water partition coefficient (Wildman–Crippen LogP) is -4.56. The first-order valence-electron chi connectivity index (χ1n) is 3.61. The topological polar surface area (TPSA) is 74.6 Å². The molecule has 0 aliphatic heterocycles. The van der Waals surface area contributed by atoms with Crippen molar-refractivity contribution in [2.75, 3.05) is 0 Å². The normalized spacial score (nSPS) is 10.9. The smallest absolute Gasteiger partial charge is 1.00 e. The van der Waals surface area contributed by atoms with Gasteiger partial charge in [0.25, 0.3) is 0 Å². The van der Waals surface area contributed by atoms with E-state index in [0.29, 0.717) is 0 Å². The van der Waals surface area contributed by atoms with E-state index in [-0.39, 0.29) is 73.1 Å². The molecule has 0 heterocycles. The molecule has 14 heavy (non-hydrogen) atoms. The molecular weight excluding hydrogens is 206 g/mol. The van der Waals surface area contributed by atoms with E-state index >= 15 is 0 Å². The van der Waals surface area contributed by atoms with Crippen LogP contribution in [0, 0.1) is 10.8 Å². The Morgan fingerprint density at radius 1 is 1.00 bits per heavy atom. The van der Waals surface area contributed by atoms with Crippen molar-refractivity contribution in [1.82, 2.24) is 0 Å². The molecular formula is C8H16KLiO4. The number of carboxylic acids is 2. The Morgan fingerprint density at radius 3 is 1.21 bits per heavy atom. The molecule has 0 unspecified atom stereocenters. The van der Waals surface area contributed by atoms with E-state index in [1.54, 1.807) is 20.8 Å². The van der Waals surface area contributed by atoms with Gasteiger partial charge in [0.05, 0.1) is 0 Å². The summed E-state index contributed by atoms with van der Waals surface area (Å²) in [5, 5.41) is 17.5. The maximum atomic E-state index is 10.7. The standard InChI is InChI=1S/C8H14O4.K.Li.2H/c1-7(2,3)8(4,5(9)10)6(11)12;;;;/h1-4H3,(H,9,10)(H,11,12);;;;/q;2*+1;2*-1. The molecule has 0 fully saturated rings. The van der Waals surface area contributed by atoms with Crippen LogP contribution in [0.4, 0.5) is 0 Å². The molecule has 74 valence electrons. The molecule has 0 aliphatic carbocycles. The molecule has 0 amide bonds. The first kappa shape index (κ1) is 20.6. The van der Waals surface area contributed by atoms with Crippen LogP contribution in [-0.2, 0) is 9.59 Å². The molecule has 0 radical (unpaired) electrons. The summed E-state index contributed by atoms with van der Waals surface area (Å²) in [5.41, 5.74) is -2.53. The fourth-order valence-corrected chi connectivity index (χ4v) is 0.733. The zero-order chi connectivity index (χ0) is 10.2. The number of carboxylic acid groups (broad SMARTS) is 2. The average Bonchev–Trinajstić information content (AvgIpc) is 1.82. The second-order valence-electron chi connectivity index (χ2n) is 3.99. The van der Waals surface area contributed by atoms with Crippen molar-refractivity contribution < 1.29 is 92.9 Å². The second kappa shape index (κ2) is 6.69. The van der Waals surface area contributed by atoms with Crippen molar-refractivity contribution in [2.24, 2.45) is 10.8 Å². The summed E-state index contributed by atoms with van der Waals surface area (Å²) in [6, 6.07) is 0. The Kier molecular flexibility index (Phi) is 9.83. The molecule has 0 saturated heterocycles. The molecule has 6 heteroatoms. The third-order valence-corrected chi connectivity index (χ3v) is 2.36. The van der Waals surface area contributed by atoms with Gasteiger partial charge in [-0.15, -0.1) is 0 Å². The molecule has 2 N–H and O–H groups in total. The van der Waals surface area contributed by atoms with E-state index in [1.807, 2.05) is 0 Å². The van der Waals surface area contributed by atoms with Gasteiger partial charge in [0.2, 0.25) is 0 Å². The van der Waals surface area contributed by atoms with Crippen LogP contribution in [0.25, 0.3) is 0 Å². The summed E-state index contributed by atoms with van der Waals surface area (Å²) in [7, 11) is 0. The Bertz CT molecular complexity index is 217. The van der Waals surface area contributed by atoms with Crippen LogP contribution in [-0.4, -0.2) is 22.2 Å². The van der Waals surface area contributed by atoms with Gasteiger partial charge in [-0.2, -0.15) is 0 Å². The van der Waals surface area contributed by atoms with Crippen LogP contribution in [0.3, 0.4) is 0 Å². The molecule has 4 nitrogen and oxygen atoms in total. The van der Waals surface area contributed by atoms with Crippen molar-refractivity contribution in [3.8, 4) is 0 Å². The van der Waals surface area contributed by atoms with Crippen molar-refractivity contribution in [1.29, 1.82) is 0 Å². The molecule has 0 spiro atoms. The van der Waals surface area contributed by atoms with Crippen molar-refractivity contribution >= 4 is 11.9 Å². The van der Waals surface area contributed by atoms with Gasteiger partial charge in [-0.3, -0.25) is 9.59 Å². The minimum absolute atomic E-state index is 0. The molecule has 0 aromatic carbocycles.